The van der Waals surface area contributed by atoms with Crippen molar-refractivity contribution in [2.75, 3.05) is 24.5 Å². The number of hydrogen-bond donors (Lipinski definition) is 0. The number of hydrogen-bond acceptors (Lipinski definition) is 3. The summed E-state index contributed by atoms with van der Waals surface area (Å²) in [5.74, 6) is 1.17. The van der Waals surface area contributed by atoms with Gasteiger partial charge in [-0.25, -0.2) is 4.98 Å². The Kier molecular flexibility index (Phi) is 5.31. The van der Waals surface area contributed by atoms with Crippen molar-refractivity contribution in [3.8, 4) is 0 Å². The maximum absolute atomic E-state index is 4.83. The molecule has 2 aromatic rings. The lowest BCUT2D eigenvalue weighted by atomic mass is 10.1. The number of rotatable bonds is 4. The second-order valence-electron chi connectivity index (χ2n) is 7.47. The van der Waals surface area contributed by atoms with Gasteiger partial charge < -0.3 is 4.90 Å². The quantitative estimate of drug-likeness (QED) is 0.800. The summed E-state index contributed by atoms with van der Waals surface area (Å²) in [6.07, 6.45) is 10.0. The average molecular weight is 335 g/mol. The molecule has 25 heavy (non-hydrogen) atoms. The molecule has 132 valence electrons. The van der Waals surface area contributed by atoms with Gasteiger partial charge in [0.2, 0.25) is 0 Å². The number of aromatic nitrogens is 1. The molecule has 0 N–H and O–H groups in total. The minimum Gasteiger partial charge on any atom is -0.357 e. The summed E-state index contributed by atoms with van der Waals surface area (Å²) in [4.78, 5) is 9.90. The maximum Gasteiger partial charge on any atom is 0.128 e. The number of benzene rings is 1. The molecule has 2 aliphatic rings. The first-order valence-electron chi connectivity index (χ1n) is 9.89. The van der Waals surface area contributed by atoms with E-state index in [1.165, 1.54) is 62.0 Å². The minimum absolute atomic E-state index is 0.519. The molecule has 1 atom stereocenters. The normalized spacial score (nSPS) is 22.1. The van der Waals surface area contributed by atoms with Gasteiger partial charge in [-0.2, -0.15) is 0 Å². The van der Waals surface area contributed by atoms with Crippen LogP contribution in [-0.2, 0) is 6.54 Å². The van der Waals surface area contributed by atoms with Crippen LogP contribution in [0.25, 0.3) is 0 Å². The lowest BCUT2D eigenvalue weighted by Gasteiger charge is -2.26. The van der Waals surface area contributed by atoms with Crippen LogP contribution in [0.3, 0.4) is 0 Å². The third-order valence-corrected chi connectivity index (χ3v) is 5.68. The Bertz CT molecular complexity index is 645. The van der Waals surface area contributed by atoms with Crippen molar-refractivity contribution < 1.29 is 0 Å². The molecule has 3 nitrogen and oxygen atoms in total. The maximum atomic E-state index is 4.83. The Labute approximate surface area is 151 Å². The van der Waals surface area contributed by atoms with Crippen LogP contribution < -0.4 is 4.90 Å². The topological polar surface area (TPSA) is 19.4 Å². The monoisotopic (exact) mass is 335 g/mol. The van der Waals surface area contributed by atoms with Crippen LogP contribution in [0, 0.1) is 0 Å². The largest absolute Gasteiger partial charge is 0.357 e. The predicted octanol–water partition coefficient (Wildman–Crippen LogP) is 4.80. The average Bonchev–Trinajstić information content (AvgIpc) is 2.95. The Morgan fingerprint density at radius 3 is 2.36 bits per heavy atom. The summed E-state index contributed by atoms with van der Waals surface area (Å²) in [5.41, 5.74) is 2.79. The lowest BCUT2D eigenvalue weighted by Crippen LogP contribution is -2.25. The van der Waals surface area contributed by atoms with Crippen LogP contribution in [0.15, 0.2) is 48.7 Å². The van der Waals surface area contributed by atoms with Gasteiger partial charge in [0.1, 0.15) is 5.82 Å². The van der Waals surface area contributed by atoms with Crippen LogP contribution in [0.5, 0.6) is 0 Å². The molecule has 0 radical (unpaired) electrons. The van der Waals surface area contributed by atoms with Crippen LogP contribution in [0.4, 0.5) is 5.82 Å². The van der Waals surface area contributed by atoms with E-state index in [-0.39, 0.29) is 0 Å². The van der Waals surface area contributed by atoms with Gasteiger partial charge in [-0.1, -0.05) is 49.2 Å². The molecule has 2 fully saturated rings. The van der Waals surface area contributed by atoms with E-state index in [0.717, 1.165) is 19.6 Å². The third-order valence-electron chi connectivity index (χ3n) is 5.68. The standard InChI is InChI=1S/C22H29N3/c1-2-7-15-24(14-6-1)22-13-12-20(17-23-22)21-11-8-16-25(21)18-19-9-4-3-5-10-19/h3-5,9-10,12-13,17,21H,1-2,6-8,11,14-16,18H2/t21-/m1/s1. The molecule has 1 aromatic carbocycles. The first-order chi connectivity index (χ1) is 12.4. The van der Waals surface area contributed by atoms with Gasteiger partial charge in [0.15, 0.2) is 0 Å². The van der Waals surface area contributed by atoms with Gasteiger partial charge in [-0.05, 0) is 49.4 Å². The summed E-state index contributed by atoms with van der Waals surface area (Å²) in [5, 5.41) is 0. The second-order valence-corrected chi connectivity index (χ2v) is 7.47. The fraction of sp³-hybridized carbons (Fsp3) is 0.500. The summed E-state index contributed by atoms with van der Waals surface area (Å²) in [6, 6.07) is 15.9. The lowest BCUT2D eigenvalue weighted by molar-refractivity contribution is 0.248. The molecule has 0 bridgehead atoms. The summed E-state index contributed by atoms with van der Waals surface area (Å²) in [6.45, 7) is 4.55. The Morgan fingerprint density at radius 1 is 0.840 bits per heavy atom. The zero-order valence-electron chi connectivity index (χ0n) is 15.1. The van der Waals surface area contributed by atoms with Crippen LogP contribution >= 0.6 is 0 Å². The number of likely N-dealkylation sites (tertiary alicyclic amines) is 1. The van der Waals surface area contributed by atoms with Gasteiger partial charge in [0.25, 0.3) is 0 Å². The molecule has 0 aliphatic carbocycles. The highest BCUT2D eigenvalue weighted by Gasteiger charge is 2.26. The summed E-state index contributed by atoms with van der Waals surface area (Å²) < 4.78 is 0. The highest BCUT2D eigenvalue weighted by atomic mass is 15.2. The highest BCUT2D eigenvalue weighted by Crippen LogP contribution is 2.33. The SMILES string of the molecule is c1ccc(CN2CCC[C@@H]2c2ccc(N3CCCCCC3)nc2)cc1. The molecule has 1 aromatic heterocycles. The van der Waals surface area contributed by atoms with Gasteiger partial charge in [0, 0.05) is 31.9 Å². The van der Waals surface area contributed by atoms with E-state index in [2.05, 4.69) is 58.5 Å². The molecule has 0 saturated carbocycles. The van der Waals surface area contributed by atoms with Gasteiger partial charge >= 0.3 is 0 Å². The van der Waals surface area contributed by atoms with E-state index in [9.17, 15) is 0 Å². The predicted molar refractivity (Wildman–Crippen MR) is 104 cm³/mol. The van der Waals surface area contributed by atoms with Crippen molar-refractivity contribution in [3.63, 3.8) is 0 Å². The number of pyridine rings is 1. The minimum atomic E-state index is 0.519. The Morgan fingerprint density at radius 2 is 1.64 bits per heavy atom. The van der Waals surface area contributed by atoms with E-state index >= 15 is 0 Å². The van der Waals surface area contributed by atoms with E-state index in [1.54, 1.807) is 0 Å². The van der Waals surface area contributed by atoms with Gasteiger partial charge in [-0.3, -0.25) is 4.90 Å². The molecule has 0 amide bonds. The smallest absolute Gasteiger partial charge is 0.128 e. The fourth-order valence-corrected chi connectivity index (χ4v) is 4.29. The zero-order chi connectivity index (χ0) is 16.9. The summed E-state index contributed by atoms with van der Waals surface area (Å²) >= 11 is 0. The Hall–Kier alpha value is -1.87. The molecule has 3 heteroatoms. The van der Waals surface area contributed by atoms with Gasteiger partial charge in [0.05, 0.1) is 0 Å². The van der Waals surface area contributed by atoms with Crippen molar-refractivity contribution in [2.24, 2.45) is 0 Å². The van der Waals surface area contributed by atoms with E-state index in [4.69, 9.17) is 4.98 Å². The summed E-state index contributed by atoms with van der Waals surface area (Å²) in [7, 11) is 0. The van der Waals surface area contributed by atoms with Crippen LogP contribution in [0.2, 0.25) is 0 Å². The molecular weight excluding hydrogens is 306 g/mol. The van der Waals surface area contributed by atoms with E-state index < -0.39 is 0 Å². The second kappa shape index (κ2) is 8.01. The third kappa shape index (κ3) is 4.04. The van der Waals surface area contributed by atoms with Crippen molar-refractivity contribution in [2.45, 2.75) is 51.1 Å². The first-order valence-corrected chi connectivity index (χ1v) is 9.89. The van der Waals surface area contributed by atoms with E-state index in [1.807, 2.05) is 0 Å². The van der Waals surface area contributed by atoms with Crippen molar-refractivity contribution in [1.82, 2.24) is 9.88 Å². The van der Waals surface area contributed by atoms with Gasteiger partial charge in [-0.15, -0.1) is 0 Å². The highest BCUT2D eigenvalue weighted by molar-refractivity contribution is 5.40. The molecule has 0 spiro atoms. The number of nitrogens with zero attached hydrogens (tertiary/aromatic N) is 3. The molecule has 2 aliphatic heterocycles. The first kappa shape index (κ1) is 16.6. The van der Waals surface area contributed by atoms with Crippen LogP contribution in [0.1, 0.15) is 55.7 Å². The molecule has 3 heterocycles. The number of anilines is 1. The Balaban J connectivity index is 1.45. The van der Waals surface area contributed by atoms with E-state index in [0.29, 0.717) is 6.04 Å². The molecule has 2 saturated heterocycles. The van der Waals surface area contributed by atoms with Crippen LogP contribution in [-0.4, -0.2) is 29.5 Å². The van der Waals surface area contributed by atoms with Crippen molar-refractivity contribution >= 4 is 5.82 Å². The van der Waals surface area contributed by atoms with Crippen molar-refractivity contribution in [3.05, 3.63) is 59.8 Å². The zero-order valence-corrected chi connectivity index (χ0v) is 15.1. The fourth-order valence-electron chi connectivity index (χ4n) is 4.29. The molecular formula is C22H29N3. The van der Waals surface area contributed by atoms with Crippen molar-refractivity contribution in [1.29, 1.82) is 0 Å². The molecule has 0 unspecified atom stereocenters. The molecule has 4 rings (SSSR count).